The van der Waals surface area contributed by atoms with Crippen molar-refractivity contribution >= 4 is 57.2 Å². The number of ether oxygens (including phenoxy) is 1. The molecule has 0 spiro atoms. The summed E-state index contributed by atoms with van der Waals surface area (Å²) in [4.78, 5) is 42.8. The van der Waals surface area contributed by atoms with E-state index in [0.29, 0.717) is 44.1 Å². The molecular formula is C33H29N5O4S. The summed E-state index contributed by atoms with van der Waals surface area (Å²) in [6.45, 7) is 4.70. The predicted molar refractivity (Wildman–Crippen MR) is 168 cm³/mol. The number of morpholine rings is 1. The van der Waals surface area contributed by atoms with Crippen LogP contribution < -0.4 is 10.2 Å². The zero-order valence-corrected chi connectivity index (χ0v) is 24.4. The third kappa shape index (κ3) is 5.65. The molecule has 0 bridgehead atoms. The van der Waals surface area contributed by atoms with Gasteiger partial charge in [-0.2, -0.15) is 5.26 Å². The summed E-state index contributed by atoms with van der Waals surface area (Å²) in [6, 6.07) is 25.1. The average molecular weight is 592 g/mol. The maximum absolute atomic E-state index is 13.4. The first-order valence-corrected chi connectivity index (χ1v) is 14.8. The summed E-state index contributed by atoms with van der Waals surface area (Å²) < 4.78 is 7.56. The molecule has 9 nitrogen and oxygen atoms in total. The van der Waals surface area contributed by atoms with E-state index in [1.807, 2.05) is 73.7 Å². The van der Waals surface area contributed by atoms with E-state index in [-0.39, 0.29) is 11.4 Å². The molecule has 43 heavy (non-hydrogen) atoms. The maximum atomic E-state index is 13.4. The maximum Gasteiger partial charge on any atom is 0.294 e. The number of hydrogen-bond acceptors (Lipinski definition) is 7. The Labute approximate surface area is 253 Å². The average Bonchev–Trinajstić information content (AvgIpc) is 3.45. The molecule has 0 radical (unpaired) electrons. The molecule has 2 fully saturated rings. The lowest BCUT2D eigenvalue weighted by Crippen LogP contribution is -2.38. The molecule has 1 N–H and O–H groups in total. The number of carbonyl (C=O) groups is 3. The van der Waals surface area contributed by atoms with Crippen LogP contribution in [-0.4, -0.2) is 59.4 Å². The quantitative estimate of drug-likeness (QED) is 0.288. The Bertz CT molecular complexity index is 1820. The lowest BCUT2D eigenvalue weighted by Gasteiger charge is -2.30. The fourth-order valence-electron chi connectivity index (χ4n) is 5.54. The lowest BCUT2D eigenvalue weighted by atomic mass is 10.1. The van der Waals surface area contributed by atoms with Gasteiger partial charge in [0.2, 0.25) is 5.91 Å². The molecule has 3 amide bonds. The number of para-hydroxylation sites is 3. The van der Waals surface area contributed by atoms with Crippen LogP contribution in [0.3, 0.4) is 0 Å². The molecular weight excluding hydrogens is 562 g/mol. The van der Waals surface area contributed by atoms with Crippen LogP contribution in [0.25, 0.3) is 17.0 Å². The van der Waals surface area contributed by atoms with E-state index in [4.69, 9.17) is 4.74 Å². The molecule has 6 rings (SSSR count). The van der Waals surface area contributed by atoms with E-state index >= 15 is 0 Å². The summed E-state index contributed by atoms with van der Waals surface area (Å²) >= 11 is 0.831. The van der Waals surface area contributed by atoms with Gasteiger partial charge in [-0.05, 0) is 54.6 Å². The molecule has 2 saturated heterocycles. The van der Waals surface area contributed by atoms with Gasteiger partial charge < -0.3 is 19.5 Å². The van der Waals surface area contributed by atoms with Crippen LogP contribution in [0.5, 0.6) is 0 Å². The van der Waals surface area contributed by atoms with Crippen molar-refractivity contribution in [1.29, 1.82) is 5.26 Å². The monoisotopic (exact) mass is 591 g/mol. The van der Waals surface area contributed by atoms with Crippen molar-refractivity contribution in [2.75, 3.05) is 43.1 Å². The molecule has 3 aromatic carbocycles. The van der Waals surface area contributed by atoms with Gasteiger partial charge in [-0.15, -0.1) is 0 Å². The highest BCUT2D eigenvalue weighted by Gasteiger charge is 2.37. The first-order valence-electron chi connectivity index (χ1n) is 14.0. The number of fused-ring (bicyclic) bond motifs is 1. The number of imide groups is 1. The number of nitrogens with one attached hydrogen (secondary N) is 1. The van der Waals surface area contributed by atoms with Crippen molar-refractivity contribution in [1.82, 2.24) is 9.47 Å². The van der Waals surface area contributed by atoms with Crippen molar-refractivity contribution in [2.24, 2.45) is 0 Å². The zero-order chi connectivity index (χ0) is 29.9. The van der Waals surface area contributed by atoms with Gasteiger partial charge in [0.25, 0.3) is 11.1 Å². The molecule has 0 atom stereocenters. The fraction of sp³-hybridized carbons (Fsp3) is 0.212. The smallest absolute Gasteiger partial charge is 0.294 e. The van der Waals surface area contributed by atoms with E-state index in [1.54, 1.807) is 12.1 Å². The van der Waals surface area contributed by atoms with Crippen LogP contribution in [0.2, 0.25) is 0 Å². The van der Waals surface area contributed by atoms with E-state index in [9.17, 15) is 19.6 Å². The second-order valence-corrected chi connectivity index (χ2v) is 11.3. The minimum Gasteiger partial charge on any atom is -0.378 e. The minimum atomic E-state index is -0.502. The SMILES string of the molecule is Cc1c(/C=C2\SC(=O)N(CC(=O)Nc3ccccc3N3CCOCC3)C2=O)c2ccccc2n1Cc1ccccc1C#N. The van der Waals surface area contributed by atoms with Gasteiger partial charge in [0.1, 0.15) is 6.54 Å². The van der Waals surface area contributed by atoms with Crippen molar-refractivity contribution in [3.05, 3.63) is 100 Å². The van der Waals surface area contributed by atoms with Crippen molar-refractivity contribution in [2.45, 2.75) is 13.5 Å². The molecule has 4 aromatic rings. The van der Waals surface area contributed by atoms with E-state index in [2.05, 4.69) is 20.9 Å². The van der Waals surface area contributed by atoms with Gasteiger partial charge >= 0.3 is 0 Å². The van der Waals surface area contributed by atoms with E-state index in [1.165, 1.54) is 0 Å². The van der Waals surface area contributed by atoms with Crippen LogP contribution in [-0.2, 0) is 20.9 Å². The summed E-state index contributed by atoms with van der Waals surface area (Å²) in [5.41, 5.74) is 5.67. The van der Waals surface area contributed by atoms with Crippen LogP contribution in [0.15, 0.2) is 77.7 Å². The topological polar surface area (TPSA) is 108 Å². The Kier molecular flexibility index (Phi) is 8.01. The number of carbonyl (C=O) groups excluding carboxylic acids is 3. The van der Waals surface area contributed by atoms with E-state index in [0.717, 1.165) is 50.1 Å². The summed E-state index contributed by atoms with van der Waals surface area (Å²) in [6.07, 6.45) is 1.74. The van der Waals surface area contributed by atoms with Crippen LogP contribution in [0, 0.1) is 18.3 Å². The number of thioether (sulfide) groups is 1. The zero-order valence-electron chi connectivity index (χ0n) is 23.6. The van der Waals surface area contributed by atoms with Crippen LogP contribution >= 0.6 is 11.8 Å². The largest absolute Gasteiger partial charge is 0.378 e. The van der Waals surface area contributed by atoms with Crippen molar-refractivity contribution in [3.63, 3.8) is 0 Å². The highest BCUT2D eigenvalue weighted by atomic mass is 32.2. The van der Waals surface area contributed by atoms with Gasteiger partial charge in [0.05, 0.1) is 41.1 Å². The standard InChI is InChI=1S/C33H29N5O4S/c1-22-26(25-10-4-6-12-28(25)37(22)20-24-9-3-2-8-23(24)19-34)18-30-32(40)38(33(41)43-30)21-31(39)35-27-11-5-7-13-29(27)36-14-16-42-17-15-36/h2-13,18H,14-17,20-21H2,1H3,(H,35,39)/b30-18-. The highest BCUT2D eigenvalue weighted by molar-refractivity contribution is 8.18. The summed E-state index contributed by atoms with van der Waals surface area (Å²) in [7, 11) is 0. The van der Waals surface area contributed by atoms with Gasteiger partial charge in [-0.25, -0.2) is 0 Å². The second-order valence-electron chi connectivity index (χ2n) is 10.3. The Balaban J connectivity index is 1.24. The van der Waals surface area contributed by atoms with Gasteiger partial charge in [0.15, 0.2) is 0 Å². The third-order valence-electron chi connectivity index (χ3n) is 7.73. The number of nitrogens with zero attached hydrogens (tertiary/aromatic N) is 4. The first-order chi connectivity index (χ1) is 20.9. The highest BCUT2D eigenvalue weighted by Crippen LogP contribution is 2.36. The van der Waals surface area contributed by atoms with E-state index < -0.39 is 17.1 Å². The molecule has 10 heteroatoms. The summed E-state index contributed by atoms with van der Waals surface area (Å²) in [5.74, 6) is -0.953. The van der Waals surface area contributed by atoms with Gasteiger partial charge in [-0.3, -0.25) is 19.3 Å². The van der Waals surface area contributed by atoms with Crippen molar-refractivity contribution < 1.29 is 19.1 Å². The van der Waals surface area contributed by atoms with Crippen LogP contribution in [0.1, 0.15) is 22.4 Å². The molecule has 0 aliphatic carbocycles. The van der Waals surface area contributed by atoms with Crippen LogP contribution in [0.4, 0.5) is 16.2 Å². The Morgan fingerprint density at radius 1 is 1.02 bits per heavy atom. The molecule has 2 aliphatic heterocycles. The molecule has 0 saturated carbocycles. The Morgan fingerprint density at radius 2 is 1.74 bits per heavy atom. The predicted octanol–water partition coefficient (Wildman–Crippen LogP) is 5.38. The molecule has 0 unspecified atom stereocenters. The molecule has 2 aliphatic rings. The molecule has 216 valence electrons. The van der Waals surface area contributed by atoms with Gasteiger partial charge in [0, 0.05) is 41.8 Å². The number of anilines is 2. The Hall–Kier alpha value is -4.85. The van der Waals surface area contributed by atoms with Crippen molar-refractivity contribution in [3.8, 4) is 6.07 Å². The number of rotatable bonds is 7. The Morgan fingerprint density at radius 3 is 2.56 bits per heavy atom. The minimum absolute atomic E-state index is 0.259. The number of hydrogen-bond donors (Lipinski definition) is 1. The first kappa shape index (κ1) is 28.3. The number of benzene rings is 3. The molecule has 3 heterocycles. The number of aromatic nitrogens is 1. The molecule has 1 aromatic heterocycles. The number of amides is 3. The normalized spacial score (nSPS) is 16.2. The second kappa shape index (κ2) is 12.2. The van der Waals surface area contributed by atoms with Gasteiger partial charge in [-0.1, -0.05) is 48.5 Å². The number of nitriles is 1. The third-order valence-corrected chi connectivity index (χ3v) is 8.63. The fourth-order valence-corrected chi connectivity index (χ4v) is 6.36. The summed E-state index contributed by atoms with van der Waals surface area (Å²) in [5, 5.41) is 12.9. The lowest BCUT2D eigenvalue weighted by molar-refractivity contribution is -0.127.